The van der Waals surface area contributed by atoms with Gasteiger partial charge in [0.15, 0.2) is 0 Å². The third-order valence-electron chi connectivity index (χ3n) is 4.83. The predicted octanol–water partition coefficient (Wildman–Crippen LogP) is 2.92. The molecule has 0 unspecified atom stereocenters. The highest BCUT2D eigenvalue weighted by Crippen LogP contribution is 2.36. The number of nitrogens with zero attached hydrogens (tertiary/aromatic N) is 1. The first-order valence-electron chi connectivity index (χ1n) is 7.49. The Labute approximate surface area is 134 Å². The van der Waals surface area contributed by atoms with Crippen molar-refractivity contribution in [2.24, 2.45) is 11.1 Å². The van der Waals surface area contributed by atoms with Gasteiger partial charge in [-0.15, -0.1) is 0 Å². The van der Waals surface area contributed by atoms with E-state index in [2.05, 4.69) is 39.9 Å². The zero-order valence-electron chi connectivity index (χ0n) is 12.4. The van der Waals surface area contributed by atoms with Gasteiger partial charge >= 0.3 is 0 Å². The van der Waals surface area contributed by atoms with Gasteiger partial charge in [-0.2, -0.15) is 0 Å². The molecule has 2 heterocycles. The van der Waals surface area contributed by atoms with Crippen molar-refractivity contribution in [2.75, 3.05) is 19.7 Å². The number of rotatable bonds is 3. The Morgan fingerprint density at radius 1 is 1.43 bits per heavy atom. The lowest BCUT2D eigenvalue weighted by molar-refractivity contribution is 0.154. The third kappa shape index (κ3) is 2.94. The molecule has 21 heavy (non-hydrogen) atoms. The monoisotopic (exact) mass is 351 g/mol. The van der Waals surface area contributed by atoms with Crippen molar-refractivity contribution < 1.29 is 4.74 Å². The van der Waals surface area contributed by atoms with Crippen LogP contribution in [-0.4, -0.2) is 30.4 Å². The van der Waals surface area contributed by atoms with E-state index in [0.717, 1.165) is 55.7 Å². The Kier molecular flexibility index (Phi) is 3.97. The van der Waals surface area contributed by atoms with Crippen LogP contribution in [0.25, 0.3) is 0 Å². The molecule has 5 heteroatoms. The van der Waals surface area contributed by atoms with Gasteiger partial charge in [0.1, 0.15) is 5.75 Å². The first-order valence-corrected chi connectivity index (χ1v) is 8.28. The molecule has 1 saturated heterocycles. The highest BCUT2D eigenvalue weighted by Gasteiger charge is 2.33. The van der Waals surface area contributed by atoms with Gasteiger partial charge in [-0.05, 0) is 43.6 Å². The lowest BCUT2D eigenvalue weighted by Gasteiger charge is -2.38. The summed E-state index contributed by atoms with van der Waals surface area (Å²) in [6.45, 7) is 5.78. The van der Waals surface area contributed by atoms with Crippen LogP contribution in [0.4, 0.5) is 0 Å². The van der Waals surface area contributed by atoms with Crippen molar-refractivity contribution in [3.63, 3.8) is 0 Å². The van der Waals surface area contributed by atoms with Crippen LogP contribution in [0.5, 0.6) is 5.75 Å². The number of nitrogens with two attached hydrogens (primary N) is 1. The molecule has 2 aliphatic rings. The SMILES string of the molecule is CC1(C(=N)N)CCN(Cc2cc(Br)cc3c2OCC3)CC1. The fourth-order valence-electron chi connectivity index (χ4n) is 3.18. The van der Waals surface area contributed by atoms with Crippen LogP contribution < -0.4 is 10.5 Å². The van der Waals surface area contributed by atoms with Crippen LogP contribution in [-0.2, 0) is 13.0 Å². The number of halogens is 1. The summed E-state index contributed by atoms with van der Waals surface area (Å²) in [5.41, 5.74) is 8.19. The van der Waals surface area contributed by atoms with Crippen molar-refractivity contribution in [1.82, 2.24) is 4.90 Å². The number of nitrogens with one attached hydrogen (secondary N) is 1. The summed E-state index contributed by atoms with van der Waals surface area (Å²) in [6.07, 6.45) is 2.92. The van der Waals surface area contributed by atoms with Gasteiger partial charge in [0.2, 0.25) is 0 Å². The van der Waals surface area contributed by atoms with Gasteiger partial charge in [0.05, 0.1) is 12.4 Å². The maximum absolute atomic E-state index is 7.73. The van der Waals surface area contributed by atoms with Crippen molar-refractivity contribution in [1.29, 1.82) is 5.41 Å². The predicted molar refractivity (Wildman–Crippen MR) is 87.9 cm³/mol. The minimum absolute atomic E-state index is 0.119. The van der Waals surface area contributed by atoms with Gasteiger partial charge in [-0.1, -0.05) is 22.9 Å². The van der Waals surface area contributed by atoms with Crippen molar-refractivity contribution in [3.8, 4) is 5.75 Å². The summed E-state index contributed by atoms with van der Waals surface area (Å²) in [5, 5.41) is 7.73. The Balaban J connectivity index is 1.71. The largest absolute Gasteiger partial charge is 0.493 e. The molecule has 114 valence electrons. The van der Waals surface area contributed by atoms with E-state index in [-0.39, 0.29) is 5.41 Å². The summed E-state index contributed by atoms with van der Waals surface area (Å²) in [7, 11) is 0. The average Bonchev–Trinajstić information content (AvgIpc) is 2.89. The van der Waals surface area contributed by atoms with Gasteiger partial charge in [0, 0.05) is 28.4 Å². The van der Waals surface area contributed by atoms with E-state index in [0.29, 0.717) is 5.84 Å². The highest BCUT2D eigenvalue weighted by molar-refractivity contribution is 9.10. The molecule has 0 atom stereocenters. The van der Waals surface area contributed by atoms with E-state index in [1.54, 1.807) is 0 Å². The summed E-state index contributed by atoms with van der Waals surface area (Å²) < 4.78 is 6.94. The maximum atomic E-state index is 7.73. The summed E-state index contributed by atoms with van der Waals surface area (Å²) >= 11 is 3.60. The first-order chi connectivity index (χ1) is 9.98. The summed E-state index contributed by atoms with van der Waals surface area (Å²) in [4.78, 5) is 2.44. The van der Waals surface area contributed by atoms with Crippen LogP contribution in [0.1, 0.15) is 30.9 Å². The molecule has 0 aromatic heterocycles. The molecular weight excluding hydrogens is 330 g/mol. The zero-order chi connectivity index (χ0) is 15.0. The smallest absolute Gasteiger partial charge is 0.127 e. The first kappa shape index (κ1) is 14.9. The molecule has 4 nitrogen and oxygen atoms in total. The highest BCUT2D eigenvalue weighted by atomic mass is 79.9. The third-order valence-corrected chi connectivity index (χ3v) is 5.29. The molecule has 0 amide bonds. The molecule has 0 saturated carbocycles. The normalized spacial score (nSPS) is 20.9. The average molecular weight is 352 g/mol. The number of amidine groups is 1. The van der Waals surface area contributed by atoms with Crippen molar-refractivity contribution in [2.45, 2.75) is 32.7 Å². The second kappa shape index (κ2) is 5.61. The molecule has 3 rings (SSSR count). The van der Waals surface area contributed by atoms with Gasteiger partial charge in [-0.3, -0.25) is 10.3 Å². The fraction of sp³-hybridized carbons (Fsp3) is 0.562. The zero-order valence-corrected chi connectivity index (χ0v) is 14.0. The van der Waals surface area contributed by atoms with Crippen LogP contribution in [0, 0.1) is 10.8 Å². The van der Waals surface area contributed by atoms with Crippen LogP contribution >= 0.6 is 15.9 Å². The molecule has 0 radical (unpaired) electrons. The quantitative estimate of drug-likeness (QED) is 0.650. The molecule has 1 aromatic carbocycles. The molecule has 1 fully saturated rings. The summed E-state index contributed by atoms with van der Waals surface area (Å²) in [5.74, 6) is 1.41. The molecule has 3 N–H and O–H groups in total. The Bertz CT molecular complexity index is 565. The minimum atomic E-state index is -0.119. The van der Waals surface area contributed by atoms with E-state index >= 15 is 0 Å². The Morgan fingerprint density at radius 2 is 2.14 bits per heavy atom. The lowest BCUT2D eigenvalue weighted by atomic mass is 9.79. The molecule has 1 aromatic rings. The number of fused-ring (bicyclic) bond motifs is 1. The number of likely N-dealkylation sites (tertiary alicyclic amines) is 1. The van der Waals surface area contributed by atoms with Crippen molar-refractivity contribution >= 4 is 21.8 Å². The number of ether oxygens (including phenoxy) is 1. The second-order valence-electron chi connectivity index (χ2n) is 6.40. The topological polar surface area (TPSA) is 62.3 Å². The van der Waals surface area contributed by atoms with Gasteiger partial charge in [-0.25, -0.2) is 0 Å². The number of hydrogen-bond donors (Lipinski definition) is 2. The molecule has 0 aliphatic carbocycles. The molecule has 2 aliphatic heterocycles. The van der Waals surface area contributed by atoms with Gasteiger partial charge in [0.25, 0.3) is 0 Å². The molecular formula is C16H22BrN3O. The standard InChI is InChI=1S/C16H22BrN3O/c1-16(15(18)19)3-5-20(6-4-16)10-12-9-13(17)8-11-2-7-21-14(11)12/h8-9H,2-7,10H2,1H3,(H3,18,19). The molecule has 0 spiro atoms. The van der Waals surface area contributed by atoms with Crippen LogP contribution in [0.3, 0.4) is 0 Å². The van der Waals surface area contributed by atoms with E-state index < -0.39 is 0 Å². The van der Waals surface area contributed by atoms with Crippen molar-refractivity contribution in [3.05, 3.63) is 27.7 Å². The lowest BCUT2D eigenvalue weighted by Crippen LogP contribution is -2.44. The van der Waals surface area contributed by atoms with Gasteiger partial charge < -0.3 is 10.5 Å². The Hall–Kier alpha value is -1.07. The summed E-state index contributed by atoms with van der Waals surface area (Å²) in [6, 6.07) is 4.33. The number of piperidine rings is 1. The van der Waals surface area contributed by atoms with E-state index in [1.807, 2.05) is 0 Å². The minimum Gasteiger partial charge on any atom is -0.493 e. The second-order valence-corrected chi connectivity index (χ2v) is 7.32. The number of benzene rings is 1. The van der Waals surface area contributed by atoms with Crippen LogP contribution in [0.15, 0.2) is 16.6 Å². The fourth-order valence-corrected chi connectivity index (χ4v) is 3.73. The Morgan fingerprint density at radius 3 is 2.81 bits per heavy atom. The van der Waals surface area contributed by atoms with E-state index in [9.17, 15) is 0 Å². The molecule has 0 bridgehead atoms. The maximum Gasteiger partial charge on any atom is 0.127 e. The van der Waals surface area contributed by atoms with E-state index in [4.69, 9.17) is 15.9 Å². The van der Waals surface area contributed by atoms with Crippen LogP contribution in [0.2, 0.25) is 0 Å². The number of hydrogen-bond acceptors (Lipinski definition) is 3. The van der Waals surface area contributed by atoms with E-state index in [1.165, 1.54) is 11.1 Å².